The van der Waals surface area contributed by atoms with E-state index in [-0.39, 0.29) is 0 Å². The van der Waals surface area contributed by atoms with Gasteiger partial charge in [-0.25, -0.2) is 0 Å². The van der Waals surface area contributed by atoms with E-state index >= 15 is 0 Å². The van der Waals surface area contributed by atoms with Crippen LogP contribution in [0, 0.1) is 0 Å². The Kier molecular flexibility index (Phi) is 3.32. The normalized spacial score (nSPS) is 9.08. The molecular formula is C11H13NO. The van der Waals surface area contributed by atoms with E-state index < -0.39 is 0 Å². The molecule has 0 saturated carbocycles. The number of nitrogens with two attached hydrogens (primary N) is 1. The molecule has 0 heterocycles. The number of benzene rings is 1. The summed E-state index contributed by atoms with van der Waals surface area (Å²) in [7, 11) is 1.63. The Balaban J connectivity index is 3.19. The summed E-state index contributed by atoms with van der Waals surface area (Å²) in [5.74, 6) is 0.805. The largest absolute Gasteiger partial charge is 0.496 e. The maximum Gasteiger partial charge on any atom is 0.127 e. The lowest BCUT2D eigenvalue weighted by Crippen LogP contribution is -2.02. The zero-order valence-corrected chi connectivity index (χ0v) is 7.71. The molecule has 0 atom stereocenters. The van der Waals surface area contributed by atoms with Crippen molar-refractivity contribution < 1.29 is 4.74 Å². The molecule has 0 fully saturated rings. The Labute approximate surface area is 78.3 Å². The maximum atomic E-state index is 5.54. The van der Waals surface area contributed by atoms with Crippen molar-refractivity contribution in [3.8, 4) is 5.75 Å². The van der Waals surface area contributed by atoms with Crippen LogP contribution >= 0.6 is 0 Å². The van der Waals surface area contributed by atoms with Gasteiger partial charge in [0.25, 0.3) is 0 Å². The van der Waals surface area contributed by atoms with Gasteiger partial charge in [0.2, 0.25) is 0 Å². The maximum absolute atomic E-state index is 5.54. The highest BCUT2D eigenvalue weighted by atomic mass is 16.5. The van der Waals surface area contributed by atoms with Crippen LogP contribution in [-0.2, 0) is 0 Å². The van der Waals surface area contributed by atoms with Crippen molar-refractivity contribution in [2.24, 2.45) is 5.73 Å². The average molecular weight is 175 g/mol. The number of hydrogen-bond donors (Lipinski definition) is 1. The lowest BCUT2D eigenvalue weighted by molar-refractivity contribution is 0.413. The van der Waals surface area contributed by atoms with Crippen molar-refractivity contribution >= 4 is 5.57 Å². The molecule has 0 radical (unpaired) electrons. The van der Waals surface area contributed by atoms with Gasteiger partial charge in [0.05, 0.1) is 7.11 Å². The van der Waals surface area contributed by atoms with Crippen LogP contribution in [0.1, 0.15) is 5.56 Å². The number of methoxy groups -OCH3 is 1. The smallest absolute Gasteiger partial charge is 0.127 e. The Morgan fingerprint density at radius 3 is 2.77 bits per heavy atom. The van der Waals surface area contributed by atoms with Gasteiger partial charge in [0, 0.05) is 17.7 Å². The third kappa shape index (κ3) is 2.00. The summed E-state index contributed by atoms with van der Waals surface area (Å²) in [5, 5.41) is 0. The molecule has 0 unspecified atom stereocenters. The predicted octanol–water partition coefficient (Wildman–Crippen LogP) is 1.82. The Morgan fingerprint density at radius 2 is 2.23 bits per heavy atom. The SMILES string of the molecule is C=C=C(CN)c1ccccc1OC. The van der Waals surface area contributed by atoms with Gasteiger partial charge >= 0.3 is 0 Å². The highest BCUT2D eigenvalue weighted by molar-refractivity contribution is 5.70. The molecule has 1 rings (SSSR count). The second-order valence-electron chi connectivity index (χ2n) is 2.56. The van der Waals surface area contributed by atoms with Gasteiger partial charge in [-0.3, -0.25) is 0 Å². The molecule has 2 nitrogen and oxygen atoms in total. The van der Waals surface area contributed by atoms with Gasteiger partial charge in [-0.15, -0.1) is 5.73 Å². The van der Waals surface area contributed by atoms with Crippen molar-refractivity contribution in [1.82, 2.24) is 0 Å². The highest BCUT2D eigenvalue weighted by Gasteiger charge is 2.04. The summed E-state index contributed by atoms with van der Waals surface area (Å²) in [5.41, 5.74) is 10.2. The Hall–Kier alpha value is -1.50. The van der Waals surface area contributed by atoms with Crippen molar-refractivity contribution in [2.75, 3.05) is 13.7 Å². The van der Waals surface area contributed by atoms with Crippen LogP contribution in [0.15, 0.2) is 36.6 Å². The van der Waals surface area contributed by atoms with Crippen LogP contribution < -0.4 is 10.5 Å². The first-order valence-corrected chi connectivity index (χ1v) is 4.06. The zero-order valence-electron chi connectivity index (χ0n) is 7.71. The lowest BCUT2D eigenvalue weighted by atomic mass is 10.1. The van der Waals surface area contributed by atoms with Gasteiger partial charge in [-0.1, -0.05) is 24.8 Å². The average Bonchev–Trinajstić information content (AvgIpc) is 2.20. The van der Waals surface area contributed by atoms with Gasteiger partial charge < -0.3 is 10.5 Å². The van der Waals surface area contributed by atoms with Crippen LogP contribution in [-0.4, -0.2) is 13.7 Å². The van der Waals surface area contributed by atoms with Crippen molar-refractivity contribution in [1.29, 1.82) is 0 Å². The minimum absolute atomic E-state index is 0.421. The number of para-hydroxylation sites is 1. The quantitative estimate of drug-likeness (QED) is 0.711. The molecule has 0 aliphatic heterocycles. The standard InChI is InChI=1S/C11H13NO/c1-3-9(8-12)10-6-4-5-7-11(10)13-2/h4-7H,1,8,12H2,2H3. The first-order chi connectivity index (χ1) is 6.33. The summed E-state index contributed by atoms with van der Waals surface area (Å²) in [4.78, 5) is 0. The van der Waals surface area contributed by atoms with Crippen LogP contribution in [0.5, 0.6) is 5.75 Å². The fourth-order valence-electron chi connectivity index (χ4n) is 1.17. The Morgan fingerprint density at radius 1 is 1.54 bits per heavy atom. The summed E-state index contributed by atoms with van der Waals surface area (Å²) >= 11 is 0. The summed E-state index contributed by atoms with van der Waals surface area (Å²) < 4.78 is 5.19. The van der Waals surface area contributed by atoms with E-state index in [0.717, 1.165) is 16.9 Å². The highest BCUT2D eigenvalue weighted by Crippen LogP contribution is 2.23. The molecular weight excluding hydrogens is 162 g/mol. The minimum atomic E-state index is 0.421. The van der Waals surface area contributed by atoms with Crippen LogP contribution in [0.25, 0.3) is 5.57 Å². The van der Waals surface area contributed by atoms with Gasteiger partial charge in [-0.2, -0.15) is 0 Å². The first-order valence-electron chi connectivity index (χ1n) is 4.06. The van der Waals surface area contributed by atoms with E-state index in [0.29, 0.717) is 6.54 Å². The fraction of sp³-hybridized carbons (Fsp3) is 0.182. The van der Waals surface area contributed by atoms with E-state index in [9.17, 15) is 0 Å². The van der Waals surface area contributed by atoms with E-state index in [1.165, 1.54) is 0 Å². The molecule has 2 N–H and O–H groups in total. The van der Waals surface area contributed by atoms with Crippen molar-refractivity contribution in [3.05, 3.63) is 42.1 Å². The Bertz CT molecular complexity index is 338. The van der Waals surface area contributed by atoms with E-state index in [1.807, 2.05) is 24.3 Å². The second kappa shape index (κ2) is 4.51. The van der Waals surface area contributed by atoms with Gasteiger partial charge in [-0.05, 0) is 6.07 Å². The van der Waals surface area contributed by atoms with Crippen LogP contribution in [0.3, 0.4) is 0 Å². The van der Waals surface area contributed by atoms with Crippen LogP contribution in [0.2, 0.25) is 0 Å². The van der Waals surface area contributed by atoms with E-state index in [1.54, 1.807) is 7.11 Å². The molecule has 0 saturated heterocycles. The molecule has 0 amide bonds. The van der Waals surface area contributed by atoms with Gasteiger partial charge in [0.15, 0.2) is 0 Å². The molecule has 0 aliphatic carbocycles. The zero-order chi connectivity index (χ0) is 9.68. The molecule has 0 aliphatic rings. The third-order valence-electron chi connectivity index (χ3n) is 1.85. The monoisotopic (exact) mass is 175 g/mol. The summed E-state index contributed by atoms with van der Waals surface area (Å²) in [6, 6.07) is 7.69. The molecule has 1 aromatic carbocycles. The number of hydrogen-bond acceptors (Lipinski definition) is 2. The summed E-state index contributed by atoms with van der Waals surface area (Å²) in [6.45, 7) is 4.01. The molecule has 0 bridgehead atoms. The molecule has 68 valence electrons. The van der Waals surface area contributed by atoms with E-state index in [2.05, 4.69) is 12.3 Å². The third-order valence-corrected chi connectivity index (χ3v) is 1.85. The van der Waals surface area contributed by atoms with Crippen molar-refractivity contribution in [3.63, 3.8) is 0 Å². The topological polar surface area (TPSA) is 35.2 Å². The molecule has 0 spiro atoms. The summed E-state index contributed by atoms with van der Waals surface area (Å²) in [6.07, 6.45) is 0. The van der Waals surface area contributed by atoms with Gasteiger partial charge in [0.1, 0.15) is 5.75 Å². The molecule has 13 heavy (non-hydrogen) atoms. The minimum Gasteiger partial charge on any atom is -0.496 e. The number of rotatable bonds is 3. The number of ether oxygens (including phenoxy) is 1. The fourth-order valence-corrected chi connectivity index (χ4v) is 1.17. The second-order valence-corrected chi connectivity index (χ2v) is 2.56. The van der Waals surface area contributed by atoms with Crippen LogP contribution in [0.4, 0.5) is 0 Å². The predicted molar refractivity (Wildman–Crippen MR) is 54.6 cm³/mol. The molecule has 2 heteroatoms. The van der Waals surface area contributed by atoms with E-state index in [4.69, 9.17) is 10.5 Å². The van der Waals surface area contributed by atoms with Crippen molar-refractivity contribution in [2.45, 2.75) is 0 Å². The lowest BCUT2D eigenvalue weighted by Gasteiger charge is -2.07. The molecule has 1 aromatic rings. The molecule has 0 aromatic heterocycles. The first kappa shape index (κ1) is 9.59.